The second-order valence-corrected chi connectivity index (χ2v) is 5.29. The molecule has 0 aromatic heterocycles. The number of aldehydes is 1. The number of rotatable bonds is 5. The molecule has 0 aromatic rings. The van der Waals surface area contributed by atoms with E-state index in [-0.39, 0.29) is 12.9 Å². The number of aliphatic hydroxyl groups excluding tert-OH is 6. The molecular formula is C12H20O10. The van der Waals surface area contributed by atoms with E-state index in [1.54, 1.807) is 0 Å². The van der Waals surface area contributed by atoms with Gasteiger partial charge in [-0.2, -0.15) is 0 Å². The van der Waals surface area contributed by atoms with E-state index in [0.29, 0.717) is 0 Å². The standard InChI is InChI=1S/C12H20O10/c13-1-4(15)10-11(5(16)3-20-10)22-12-9(19)8(18)7(17)6(2-14)21-12/h1,4-12,14-19H,2-3H2/t4-,5+,6-,7+,8+,9-,10+,11-,12+/m1/s1. The van der Waals surface area contributed by atoms with Crippen LogP contribution in [0, 0.1) is 0 Å². The van der Waals surface area contributed by atoms with Gasteiger partial charge in [0, 0.05) is 0 Å². The van der Waals surface area contributed by atoms with Crippen molar-refractivity contribution in [2.45, 2.75) is 55.1 Å². The number of carbonyl (C=O) groups is 1. The van der Waals surface area contributed by atoms with Crippen LogP contribution in [0.25, 0.3) is 0 Å². The van der Waals surface area contributed by atoms with Crippen LogP contribution in [0.5, 0.6) is 0 Å². The first kappa shape index (κ1) is 17.7. The molecule has 10 heteroatoms. The highest BCUT2D eigenvalue weighted by atomic mass is 16.7. The molecule has 0 saturated carbocycles. The Morgan fingerprint density at radius 1 is 1.18 bits per heavy atom. The minimum absolute atomic E-state index is 0.197. The predicted molar refractivity (Wildman–Crippen MR) is 66.5 cm³/mol. The number of hydrogen-bond donors (Lipinski definition) is 6. The topological polar surface area (TPSA) is 166 Å². The van der Waals surface area contributed by atoms with Crippen LogP contribution < -0.4 is 0 Å². The Morgan fingerprint density at radius 2 is 1.86 bits per heavy atom. The van der Waals surface area contributed by atoms with Crippen molar-refractivity contribution in [3.8, 4) is 0 Å². The van der Waals surface area contributed by atoms with Crippen molar-refractivity contribution in [3.63, 3.8) is 0 Å². The van der Waals surface area contributed by atoms with E-state index in [1.807, 2.05) is 0 Å². The van der Waals surface area contributed by atoms with Gasteiger partial charge < -0.3 is 49.6 Å². The number of aliphatic hydroxyl groups is 6. The van der Waals surface area contributed by atoms with Crippen molar-refractivity contribution in [3.05, 3.63) is 0 Å². The third-order valence-electron chi connectivity index (χ3n) is 3.78. The lowest BCUT2D eigenvalue weighted by molar-refractivity contribution is -0.318. The zero-order valence-electron chi connectivity index (χ0n) is 11.5. The highest BCUT2D eigenvalue weighted by molar-refractivity contribution is 5.57. The van der Waals surface area contributed by atoms with E-state index in [9.17, 15) is 30.3 Å². The lowest BCUT2D eigenvalue weighted by Gasteiger charge is -2.41. The summed E-state index contributed by atoms with van der Waals surface area (Å²) in [4.78, 5) is 10.6. The third-order valence-corrected chi connectivity index (χ3v) is 3.78. The first-order chi connectivity index (χ1) is 10.4. The van der Waals surface area contributed by atoms with Gasteiger partial charge in [0.05, 0.1) is 13.2 Å². The summed E-state index contributed by atoms with van der Waals surface area (Å²) >= 11 is 0. The molecule has 10 nitrogen and oxygen atoms in total. The van der Waals surface area contributed by atoms with Gasteiger partial charge in [-0.05, 0) is 0 Å². The van der Waals surface area contributed by atoms with Gasteiger partial charge in [0.15, 0.2) is 12.6 Å². The normalized spacial score (nSPS) is 47.4. The number of ether oxygens (including phenoxy) is 3. The quantitative estimate of drug-likeness (QED) is 0.271. The Bertz CT molecular complexity index is 377. The van der Waals surface area contributed by atoms with Crippen LogP contribution in [0.15, 0.2) is 0 Å². The molecule has 22 heavy (non-hydrogen) atoms. The van der Waals surface area contributed by atoms with Gasteiger partial charge in [0.1, 0.15) is 48.8 Å². The molecule has 2 rings (SSSR count). The van der Waals surface area contributed by atoms with E-state index < -0.39 is 61.7 Å². The fourth-order valence-electron chi connectivity index (χ4n) is 2.49. The molecule has 2 aliphatic rings. The van der Waals surface area contributed by atoms with Gasteiger partial charge >= 0.3 is 0 Å². The molecule has 0 spiro atoms. The van der Waals surface area contributed by atoms with E-state index in [2.05, 4.69) is 0 Å². The Morgan fingerprint density at radius 3 is 2.45 bits per heavy atom. The monoisotopic (exact) mass is 324 g/mol. The van der Waals surface area contributed by atoms with Crippen LogP contribution in [0.3, 0.4) is 0 Å². The van der Waals surface area contributed by atoms with E-state index >= 15 is 0 Å². The fourth-order valence-corrected chi connectivity index (χ4v) is 2.49. The minimum Gasteiger partial charge on any atom is -0.394 e. The second kappa shape index (κ2) is 7.25. The zero-order valence-corrected chi connectivity index (χ0v) is 11.5. The summed E-state index contributed by atoms with van der Waals surface area (Å²) in [7, 11) is 0. The molecule has 0 bridgehead atoms. The van der Waals surface area contributed by atoms with E-state index in [0.717, 1.165) is 0 Å². The second-order valence-electron chi connectivity index (χ2n) is 5.29. The predicted octanol–water partition coefficient (Wildman–Crippen LogP) is -4.51. The van der Waals surface area contributed by atoms with Crippen molar-refractivity contribution in [1.82, 2.24) is 0 Å². The smallest absolute Gasteiger partial charge is 0.187 e. The molecule has 0 radical (unpaired) electrons. The molecule has 6 N–H and O–H groups in total. The Hall–Kier alpha value is -0.690. The first-order valence-electron chi connectivity index (χ1n) is 6.79. The summed E-state index contributed by atoms with van der Waals surface area (Å²) in [6.07, 6.45) is -12.4. The Balaban J connectivity index is 2.08. The van der Waals surface area contributed by atoms with Crippen molar-refractivity contribution >= 4 is 6.29 Å². The minimum atomic E-state index is -1.65. The van der Waals surface area contributed by atoms with Gasteiger partial charge in [0.25, 0.3) is 0 Å². The molecule has 0 unspecified atom stereocenters. The number of carbonyl (C=O) groups excluding carboxylic acids is 1. The highest BCUT2D eigenvalue weighted by Crippen LogP contribution is 2.27. The van der Waals surface area contributed by atoms with Gasteiger partial charge in [-0.15, -0.1) is 0 Å². The van der Waals surface area contributed by atoms with E-state index in [4.69, 9.17) is 19.3 Å². The van der Waals surface area contributed by atoms with Crippen LogP contribution in [0.4, 0.5) is 0 Å². The molecule has 9 atom stereocenters. The third kappa shape index (κ3) is 3.30. The van der Waals surface area contributed by atoms with Crippen molar-refractivity contribution in [2.75, 3.05) is 13.2 Å². The van der Waals surface area contributed by atoms with Gasteiger partial charge in [-0.1, -0.05) is 0 Å². The lowest BCUT2D eigenvalue weighted by atomic mass is 9.99. The first-order valence-corrected chi connectivity index (χ1v) is 6.79. The summed E-state index contributed by atoms with van der Waals surface area (Å²) in [5.41, 5.74) is 0. The summed E-state index contributed by atoms with van der Waals surface area (Å²) in [5, 5.41) is 57.6. The lowest BCUT2D eigenvalue weighted by Crippen LogP contribution is -2.60. The van der Waals surface area contributed by atoms with Crippen molar-refractivity contribution in [2.24, 2.45) is 0 Å². The molecule has 2 fully saturated rings. The maximum absolute atomic E-state index is 10.6. The van der Waals surface area contributed by atoms with Crippen LogP contribution in [0.2, 0.25) is 0 Å². The zero-order chi connectivity index (χ0) is 16.4. The molecule has 2 saturated heterocycles. The molecule has 0 aromatic carbocycles. The van der Waals surface area contributed by atoms with Gasteiger partial charge in [-0.3, -0.25) is 0 Å². The van der Waals surface area contributed by atoms with Crippen LogP contribution in [-0.2, 0) is 19.0 Å². The Kier molecular flexibility index (Phi) is 5.82. The van der Waals surface area contributed by atoms with Gasteiger partial charge in [0.2, 0.25) is 0 Å². The van der Waals surface area contributed by atoms with Crippen LogP contribution >= 0.6 is 0 Å². The summed E-state index contributed by atoms with van der Waals surface area (Å²) in [5.74, 6) is 0. The fraction of sp³-hybridized carbons (Fsp3) is 0.917. The highest BCUT2D eigenvalue weighted by Gasteiger charge is 2.49. The SMILES string of the molecule is O=C[C@@H](O)[C@@H]1OC[C@H](O)[C@H]1O[C@@H]1O[C@H](CO)[C@H](O)[C@H](O)[C@H]1O. The van der Waals surface area contributed by atoms with Gasteiger partial charge in [-0.25, -0.2) is 0 Å². The summed E-state index contributed by atoms with van der Waals surface area (Å²) in [6.45, 7) is -0.827. The van der Waals surface area contributed by atoms with Crippen LogP contribution in [-0.4, -0.2) is 105 Å². The average molecular weight is 324 g/mol. The van der Waals surface area contributed by atoms with Crippen molar-refractivity contribution in [1.29, 1.82) is 0 Å². The molecule has 128 valence electrons. The number of hydrogen-bond acceptors (Lipinski definition) is 10. The van der Waals surface area contributed by atoms with Crippen LogP contribution in [0.1, 0.15) is 0 Å². The Labute approximate surface area is 125 Å². The molecule has 2 heterocycles. The van der Waals surface area contributed by atoms with Crippen molar-refractivity contribution < 1.29 is 49.6 Å². The largest absolute Gasteiger partial charge is 0.394 e. The molecule has 0 amide bonds. The van der Waals surface area contributed by atoms with E-state index in [1.165, 1.54) is 0 Å². The molecule has 0 aliphatic carbocycles. The summed E-state index contributed by atoms with van der Waals surface area (Å²) < 4.78 is 15.5. The maximum atomic E-state index is 10.6. The maximum Gasteiger partial charge on any atom is 0.187 e. The summed E-state index contributed by atoms with van der Waals surface area (Å²) in [6, 6.07) is 0. The molecular weight excluding hydrogens is 304 g/mol. The average Bonchev–Trinajstić information content (AvgIpc) is 2.88. The molecule has 2 aliphatic heterocycles.